The monoisotopic (exact) mass is 246 g/mol. The van der Waals surface area contributed by atoms with E-state index in [0.29, 0.717) is 17.6 Å². The summed E-state index contributed by atoms with van der Waals surface area (Å²) < 4.78 is 11.5. The molecular weight excluding hydrogens is 228 g/mol. The molecule has 4 rings (SSSR count). The van der Waals surface area contributed by atoms with E-state index in [2.05, 4.69) is 20.1 Å². The molecule has 4 aliphatic rings. The van der Waals surface area contributed by atoms with Gasteiger partial charge in [0, 0.05) is 17.4 Å². The van der Waals surface area contributed by atoms with Crippen molar-refractivity contribution >= 4 is 5.97 Å². The van der Waals surface area contributed by atoms with Crippen LogP contribution in [-0.2, 0) is 14.3 Å². The maximum atomic E-state index is 11.8. The lowest BCUT2D eigenvalue weighted by atomic mass is 9.78. The number of fused-ring (bicyclic) bond motifs is 5. The molecule has 3 heteroatoms. The molecule has 2 heterocycles. The number of hydrogen-bond donors (Lipinski definition) is 0. The molecule has 0 amide bonds. The van der Waals surface area contributed by atoms with E-state index in [1.165, 1.54) is 5.57 Å². The Hall–Kier alpha value is -1.09. The van der Waals surface area contributed by atoms with Crippen LogP contribution in [0.1, 0.15) is 26.2 Å². The molecule has 18 heavy (non-hydrogen) atoms. The molecule has 2 aliphatic carbocycles. The molecule has 0 spiro atoms. The zero-order chi connectivity index (χ0) is 12.7. The van der Waals surface area contributed by atoms with Gasteiger partial charge in [0.15, 0.2) is 0 Å². The molecule has 0 N–H and O–H groups in total. The van der Waals surface area contributed by atoms with Gasteiger partial charge in [-0.25, -0.2) is 4.79 Å². The van der Waals surface area contributed by atoms with E-state index in [-0.39, 0.29) is 29.5 Å². The van der Waals surface area contributed by atoms with Gasteiger partial charge in [-0.3, -0.25) is 0 Å². The van der Waals surface area contributed by atoms with Crippen LogP contribution in [0.3, 0.4) is 0 Å². The Morgan fingerprint density at radius 1 is 1.33 bits per heavy atom. The second-order valence-corrected chi connectivity index (χ2v) is 6.36. The Kier molecular flexibility index (Phi) is 1.85. The van der Waals surface area contributed by atoms with Gasteiger partial charge in [-0.15, -0.1) is 0 Å². The average molecular weight is 246 g/mol. The highest BCUT2D eigenvalue weighted by atomic mass is 16.6. The van der Waals surface area contributed by atoms with Gasteiger partial charge in [-0.05, 0) is 32.1 Å². The highest BCUT2D eigenvalue weighted by molar-refractivity contribution is 5.90. The molecule has 96 valence electrons. The van der Waals surface area contributed by atoms with Crippen LogP contribution in [0, 0.1) is 17.8 Å². The molecular formula is C15H18O3. The Balaban J connectivity index is 1.77. The number of rotatable bonds is 0. The molecule has 0 aromatic heterocycles. The minimum atomic E-state index is -0.205. The van der Waals surface area contributed by atoms with Crippen LogP contribution in [0.25, 0.3) is 0 Å². The van der Waals surface area contributed by atoms with Crippen LogP contribution in [0.15, 0.2) is 24.3 Å². The Morgan fingerprint density at radius 3 is 2.89 bits per heavy atom. The van der Waals surface area contributed by atoms with E-state index in [1.54, 1.807) is 0 Å². The first-order valence-electron chi connectivity index (χ1n) is 6.77. The maximum absolute atomic E-state index is 11.8. The van der Waals surface area contributed by atoms with Crippen molar-refractivity contribution in [3.63, 3.8) is 0 Å². The minimum Gasteiger partial charge on any atom is -0.458 e. The summed E-state index contributed by atoms with van der Waals surface area (Å²) >= 11 is 0. The summed E-state index contributed by atoms with van der Waals surface area (Å²) in [5.41, 5.74) is 1.88. The normalized spacial score (nSPS) is 53.4. The van der Waals surface area contributed by atoms with Crippen molar-refractivity contribution in [2.45, 2.75) is 44.0 Å². The molecule has 2 saturated carbocycles. The van der Waals surface area contributed by atoms with Crippen LogP contribution in [-0.4, -0.2) is 23.8 Å². The van der Waals surface area contributed by atoms with Gasteiger partial charge in [0.05, 0.1) is 11.7 Å². The van der Waals surface area contributed by atoms with Crippen LogP contribution in [0.4, 0.5) is 0 Å². The molecule has 4 fully saturated rings. The standard InChI is InChI=1S/C15H18O3/c1-7-4-5-9-8(2)14(16)17-13(9)12-10(7)6-11-15(12,3)18-11/h9-13H,1-2,4-6H2,3H3/t9?,10-,11-,12+,13+,15-/m1/s1. The number of carbonyl (C=O) groups is 1. The second-order valence-electron chi connectivity index (χ2n) is 6.36. The van der Waals surface area contributed by atoms with Crippen molar-refractivity contribution < 1.29 is 14.3 Å². The Labute approximate surface area is 107 Å². The summed E-state index contributed by atoms with van der Waals surface area (Å²) in [7, 11) is 0. The molecule has 0 aromatic rings. The van der Waals surface area contributed by atoms with Gasteiger partial charge in [0.25, 0.3) is 0 Å². The van der Waals surface area contributed by atoms with Crippen molar-refractivity contribution in [1.29, 1.82) is 0 Å². The van der Waals surface area contributed by atoms with Crippen molar-refractivity contribution in [2.75, 3.05) is 0 Å². The van der Waals surface area contributed by atoms with E-state index in [9.17, 15) is 4.79 Å². The third-order valence-electron chi connectivity index (χ3n) is 5.55. The fourth-order valence-corrected chi connectivity index (χ4v) is 4.42. The first-order chi connectivity index (χ1) is 8.52. The van der Waals surface area contributed by atoms with Gasteiger partial charge < -0.3 is 9.47 Å². The van der Waals surface area contributed by atoms with Gasteiger partial charge in [-0.2, -0.15) is 0 Å². The lowest BCUT2D eigenvalue weighted by Gasteiger charge is -2.30. The number of epoxide rings is 1. The van der Waals surface area contributed by atoms with Crippen molar-refractivity contribution in [3.05, 3.63) is 24.3 Å². The summed E-state index contributed by atoms with van der Waals surface area (Å²) in [6, 6.07) is 0. The number of carbonyl (C=O) groups excluding carboxylic acids is 1. The lowest BCUT2D eigenvalue weighted by molar-refractivity contribution is -0.143. The molecule has 0 radical (unpaired) electrons. The molecule has 1 unspecified atom stereocenters. The summed E-state index contributed by atoms with van der Waals surface area (Å²) in [5.74, 6) is 0.709. The van der Waals surface area contributed by atoms with E-state index in [1.807, 2.05) is 0 Å². The number of esters is 1. The quantitative estimate of drug-likeness (QED) is 0.285. The van der Waals surface area contributed by atoms with E-state index in [0.717, 1.165) is 19.3 Å². The summed E-state index contributed by atoms with van der Waals surface area (Å²) in [6.45, 7) is 10.3. The highest BCUT2D eigenvalue weighted by Gasteiger charge is 2.70. The highest BCUT2D eigenvalue weighted by Crippen LogP contribution is 2.63. The van der Waals surface area contributed by atoms with Gasteiger partial charge in [-0.1, -0.05) is 18.7 Å². The van der Waals surface area contributed by atoms with Gasteiger partial charge in [0.2, 0.25) is 0 Å². The lowest BCUT2D eigenvalue weighted by Crippen LogP contribution is -2.37. The molecule has 0 aromatic carbocycles. The third-order valence-corrected chi connectivity index (χ3v) is 5.55. The van der Waals surface area contributed by atoms with Crippen LogP contribution in [0.5, 0.6) is 0 Å². The summed E-state index contributed by atoms with van der Waals surface area (Å²) in [5, 5.41) is 0. The van der Waals surface area contributed by atoms with Crippen LogP contribution < -0.4 is 0 Å². The second kappa shape index (κ2) is 3.08. The largest absolute Gasteiger partial charge is 0.458 e. The maximum Gasteiger partial charge on any atom is 0.334 e. The average Bonchev–Trinajstić information content (AvgIpc) is 2.82. The van der Waals surface area contributed by atoms with E-state index >= 15 is 0 Å². The third kappa shape index (κ3) is 1.11. The zero-order valence-corrected chi connectivity index (χ0v) is 10.6. The first kappa shape index (κ1) is 10.8. The van der Waals surface area contributed by atoms with Crippen molar-refractivity contribution in [1.82, 2.24) is 0 Å². The summed E-state index contributed by atoms with van der Waals surface area (Å²) in [6.07, 6.45) is 3.29. The number of allylic oxidation sites excluding steroid dienone is 1. The van der Waals surface area contributed by atoms with Gasteiger partial charge in [0.1, 0.15) is 6.10 Å². The van der Waals surface area contributed by atoms with Crippen molar-refractivity contribution in [3.8, 4) is 0 Å². The smallest absolute Gasteiger partial charge is 0.334 e. The van der Waals surface area contributed by atoms with Crippen LogP contribution >= 0.6 is 0 Å². The van der Waals surface area contributed by atoms with E-state index < -0.39 is 0 Å². The molecule has 6 atom stereocenters. The molecule has 3 nitrogen and oxygen atoms in total. The van der Waals surface area contributed by atoms with Crippen LogP contribution in [0.2, 0.25) is 0 Å². The molecule has 2 aliphatic heterocycles. The summed E-state index contributed by atoms with van der Waals surface area (Å²) in [4.78, 5) is 11.8. The predicted octanol–water partition coefficient (Wildman–Crippen LogP) is 2.23. The SMILES string of the molecule is C=C1C(=O)O[C@H]2C1CCC(=C)[C@H]1C[C@H]3O[C@@]3(C)[C@@H]12. The number of hydrogen-bond acceptors (Lipinski definition) is 3. The first-order valence-corrected chi connectivity index (χ1v) is 6.77. The fourth-order valence-electron chi connectivity index (χ4n) is 4.42. The molecule has 0 bridgehead atoms. The fraction of sp³-hybridized carbons (Fsp3) is 0.667. The Morgan fingerprint density at radius 2 is 2.11 bits per heavy atom. The van der Waals surface area contributed by atoms with E-state index in [4.69, 9.17) is 9.47 Å². The number of ether oxygens (including phenoxy) is 2. The van der Waals surface area contributed by atoms with Crippen molar-refractivity contribution in [2.24, 2.45) is 17.8 Å². The van der Waals surface area contributed by atoms with Gasteiger partial charge >= 0.3 is 5.97 Å². The molecule has 2 saturated heterocycles. The zero-order valence-electron chi connectivity index (χ0n) is 10.6. The Bertz CT molecular complexity index is 480. The minimum absolute atomic E-state index is 0.0354. The topological polar surface area (TPSA) is 38.8 Å². The predicted molar refractivity (Wildman–Crippen MR) is 65.8 cm³/mol.